The fraction of sp³-hybridized carbons (Fsp3) is 0.381. The Kier molecular flexibility index (Phi) is 6.16. The number of carbonyl (C=O) groups excluding carboxylic acids is 2. The Morgan fingerprint density at radius 1 is 1.15 bits per heavy atom. The van der Waals surface area contributed by atoms with Gasteiger partial charge in [-0.15, -0.1) is 0 Å². The number of rotatable bonds is 6. The molecule has 0 spiro atoms. The average Bonchev–Trinajstić information content (AvgIpc) is 2.68. The first-order valence-corrected chi connectivity index (χ1v) is 9.20. The maximum Gasteiger partial charge on any atom is 0.256 e. The molecule has 27 heavy (non-hydrogen) atoms. The number of ketones is 1. The Labute approximate surface area is 158 Å². The molecule has 1 N–H and O–H groups in total. The Balaban J connectivity index is 1.59. The van der Waals surface area contributed by atoms with Crippen molar-refractivity contribution in [1.29, 1.82) is 0 Å². The maximum atomic E-state index is 13.0. The summed E-state index contributed by atoms with van der Waals surface area (Å²) in [5, 5.41) is 2.94. The summed E-state index contributed by atoms with van der Waals surface area (Å²) < 4.78 is 18.7. The molecule has 1 aromatic heterocycles. The monoisotopic (exact) mass is 370 g/mol. The number of pyridine rings is 1. The highest BCUT2D eigenvalue weighted by Crippen LogP contribution is 2.29. The van der Waals surface area contributed by atoms with E-state index >= 15 is 0 Å². The molecular formula is C21H23FN2O3. The second kappa shape index (κ2) is 8.75. The van der Waals surface area contributed by atoms with Gasteiger partial charge in [-0.25, -0.2) is 9.37 Å². The topological polar surface area (TPSA) is 68.3 Å². The third-order valence-electron chi connectivity index (χ3n) is 5.02. The summed E-state index contributed by atoms with van der Waals surface area (Å²) in [6.45, 7) is 2.21. The van der Waals surface area contributed by atoms with Crippen molar-refractivity contribution in [2.75, 3.05) is 6.54 Å². The van der Waals surface area contributed by atoms with Crippen molar-refractivity contribution in [3.8, 4) is 11.6 Å². The van der Waals surface area contributed by atoms with E-state index in [1.807, 2.05) is 0 Å². The van der Waals surface area contributed by atoms with Gasteiger partial charge in [0.1, 0.15) is 22.9 Å². The molecule has 3 rings (SSSR count). The van der Waals surface area contributed by atoms with E-state index in [2.05, 4.69) is 10.3 Å². The van der Waals surface area contributed by atoms with Gasteiger partial charge < -0.3 is 10.1 Å². The number of Topliss-reactive ketones (excluding diaryl/α,β-unsaturated/α-hetero) is 1. The third-order valence-corrected chi connectivity index (χ3v) is 5.02. The van der Waals surface area contributed by atoms with Crippen LogP contribution in [0.2, 0.25) is 0 Å². The van der Waals surface area contributed by atoms with Gasteiger partial charge in [-0.3, -0.25) is 9.59 Å². The fourth-order valence-electron chi connectivity index (χ4n) is 3.36. The molecule has 1 saturated carbocycles. The smallest absolute Gasteiger partial charge is 0.256 e. The number of hydrogen-bond donors (Lipinski definition) is 1. The van der Waals surface area contributed by atoms with Crippen molar-refractivity contribution < 1.29 is 18.7 Å². The molecule has 1 fully saturated rings. The minimum atomic E-state index is -0.360. The van der Waals surface area contributed by atoms with Gasteiger partial charge in [0, 0.05) is 18.7 Å². The number of ether oxygens (including phenoxy) is 1. The third kappa shape index (κ3) is 5.12. The Morgan fingerprint density at radius 3 is 2.52 bits per heavy atom. The minimum absolute atomic E-state index is 0.172. The predicted molar refractivity (Wildman–Crippen MR) is 99.2 cm³/mol. The van der Waals surface area contributed by atoms with Crippen LogP contribution in [-0.2, 0) is 4.79 Å². The standard InChI is InChI=1S/C21H23FN2O3/c1-14(25)16-6-4-15(5-7-16)13-24-20(26)19-3-2-12-23-21(19)27-18-10-8-17(22)9-11-18/h2-3,8-12,15-16H,4-7,13H2,1H3,(H,24,26). The first-order valence-electron chi connectivity index (χ1n) is 9.20. The van der Waals surface area contributed by atoms with E-state index in [0.29, 0.717) is 23.8 Å². The first-order chi connectivity index (χ1) is 13.0. The molecule has 1 amide bonds. The normalized spacial score (nSPS) is 19.3. The van der Waals surface area contributed by atoms with Gasteiger partial charge >= 0.3 is 0 Å². The van der Waals surface area contributed by atoms with E-state index < -0.39 is 0 Å². The van der Waals surface area contributed by atoms with Crippen LogP contribution in [-0.4, -0.2) is 23.2 Å². The Hall–Kier alpha value is -2.76. The highest BCUT2D eigenvalue weighted by Gasteiger charge is 2.24. The molecule has 0 atom stereocenters. The van der Waals surface area contributed by atoms with Crippen molar-refractivity contribution in [3.05, 3.63) is 54.0 Å². The summed E-state index contributed by atoms with van der Waals surface area (Å²) in [6, 6.07) is 8.86. The van der Waals surface area contributed by atoms with Gasteiger partial charge in [0.05, 0.1) is 0 Å². The largest absolute Gasteiger partial charge is 0.438 e. The number of nitrogens with one attached hydrogen (secondary N) is 1. The van der Waals surface area contributed by atoms with E-state index in [0.717, 1.165) is 25.7 Å². The second-order valence-electron chi connectivity index (χ2n) is 6.95. The number of benzene rings is 1. The summed E-state index contributed by atoms with van der Waals surface area (Å²) in [7, 11) is 0. The van der Waals surface area contributed by atoms with Crippen LogP contribution in [0.5, 0.6) is 11.6 Å². The summed E-state index contributed by atoms with van der Waals surface area (Å²) >= 11 is 0. The maximum absolute atomic E-state index is 13.0. The number of aromatic nitrogens is 1. The highest BCUT2D eigenvalue weighted by molar-refractivity contribution is 5.96. The SMILES string of the molecule is CC(=O)C1CCC(CNC(=O)c2cccnc2Oc2ccc(F)cc2)CC1. The molecule has 1 aliphatic rings. The minimum Gasteiger partial charge on any atom is -0.438 e. The van der Waals surface area contributed by atoms with Gasteiger partial charge in [-0.1, -0.05) is 0 Å². The van der Waals surface area contributed by atoms with E-state index in [4.69, 9.17) is 4.74 Å². The Morgan fingerprint density at radius 2 is 1.85 bits per heavy atom. The van der Waals surface area contributed by atoms with Crippen molar-refractivity contribution >= 4 is 11.7 Å². The van der Waals surface area contributed by atoms with Crippen LogP contribution in [0.3, 0.4) is 0 Å². The van der Waals surface area contributed by atoms with Crippen molar-refractivity contribution in [2.24, 2.45) is 11.8 Å². The highest BCUT2D eigenvalue weighted by atomic mass is 19.1. The summed E-state index contributed by atoms with van der Waals surface area (Å²) in [6.07, 6.45) is 5.20. The molecule has 1 aliphatic carbocycles. The summed E-state index contributed by atoms with van der Waals surface area (Å²) in [5.41, 5.74) is 0.333. The van der Waals surface area contributed by atoms with Crippen molar-refractivity contribution in [2.45, 2.75) is 32.6 Å². The number of halogens is 1. The average molecular weight is 370 g/mol. The molecular weight excluding hydrogens is 347 g/mol. The molecule has 0 saturated heterocycles. The van der Waals surface area contributed by atoms with E-state index in [1.54, 1.807) is 25.3 Å². The molecule has 6 heteroatoms. The van der Waals surface area contributed by atoms with Crippen LogP contribution < -0.4 is 10.1 Å². The molecule has 0 radical (unpaired) electrons. The second-order valence-corrected chi connectivity index (χ2v) is 6.95. The quantitative estimate of drug-likeness (QED) is 0.830. The number of amides is 1. The lowest BCUT2D eigenvalue weighted by molar-refractivity contribution is -0.121. The van der Waals surface area contributed by atoms with E-state index in [9.17, 15) is 14.0 Å². The molecule has 0 aliphatic heterocycles. The summed E-state index contributed by atoms with van der Waals surface area (Å²) in [5.74, 6) is 0.785. The number of carbonyl (C=O) groups is 2. The van der Waals surface area contributed by atoms with Crippen LogP contribution >= 0.6 is 0 Å². The molecule has 2 aromatic rings. The van der Waals surface area contributed by atoms with E-state index in [-0.39, 0.29) is 29.3 Å². The number of nitrogens with zero attached hydrogens (tertiary/aromatic N) is 1. The molecule has 0 unspecified atom stereocenters. The van der Waals surface area contributed by atoms with Gasteiger partial charge in [0.25, 0.3) is 5.91 Å². The van der Waals surface area contributed by atoms with Gasteiger partial charge in [-0.05, 0) is 74.9 Å². The molecule has 1 aromatic carbocycles. The fourth-order valence-corrected chi connectivity index (χ4v) is 3.36. The zero-order chi connectivity index (χ0) is 19.2. The zero-order valence-electron chi connectivity index (χ0n) is 15.3. The van der Waals surface area contributed by atoms with Crippen LogP contribution in [0.1, 0.15) is 43.0 Å². The van der Waals surface area contributed by atoms with Crippen LogP contribution in [0, 0.1) is 17.7 Å². The van der Waals surface area contributed by atoms with Crippen molar-refractivity contribution in [3.63, 3.8) is 0 Å². The number of hydrogen-bond acceptors (Lipinski definition) is 4. The Bertz CT molecular complexity index is 799. The lowest BCUT2D eigenvalue weighted by Gasteiger charge is -2.27. The predicted octanol–water partition coefficient (Wildman–Crippen LogP) is 4.14. The summed E-state index contributed by atoms with van der Waals surface area (Å²) in [4.78, 5) is 28.2. The van der Waals surface area contributed by atoms with Gasteiger partial charge in [0.15, 0.2) is 0 Å². The molecule has 1 heterocycles. The van der Waals surface area contributed by atoms with Crippen LogP contribution in [0.4, 0.5) is 4.39 Å². The first kappa shape index (κ1) is 19.0. The van der Waals surface area contributed by atoms with Crippen LogP contribution in [0.15, 0.2) is 42.6 Å². The van der Waals surface area contributed by atoms with Crippen molar-refractivity contribution in [1.82, 2.24) is 10.3 Å². The van der Waals surface area contributed by atoms with Gasteiger partial charge in [0.2, 0.25) is 5.88 Å². The molecule has 5 nitrogen and oxygen atoms in total. The zero-order valence-corrected chi connectivity index (χ0v) is 15.3. The van der Waals surface area contributed by atoms with Gasteiger partial charge in [-0.2, -0.15) is 0 Å². The molecule has 142 valence electrons. The lowest BCUT2D eigenvalue weighted by atomic mass is 9.80. The van der Waals surface area contributed by atoms with Crippen LogP contribution in [0.25, 0.3) is 0 Å². The van der Waals surface area contributed by atoms with E-state index in [1.165, 1.54) is 24.3 Å². The molecule has 0 bridgehead atoms. The lowest BCUT2D eigenvalue weighted by Crippen LogP contribution is -2.32.